The summed E-state index contributed by atoms with van der Waals surface area (Å²) in [7, 11) is 17.0. The van der Waals surface area contributed by atoms with Crippen LogP contribution in [0.5, 0.6) is 0 Å². The van der Waals surface area contributed by atoms with E-state index in [-0.39, 0.29) is 5.78 Å². The molecule has 14 nitrogen and oxygen atoms in total. The number of likely N-dealkylation sites (N-methyl/N-ethyl adjacent to an activating group) is 3. The van der Waals surface area contributed by atoms with E-state index >= 15 is 0 Å². The van der Waals surface area contributed by atoms with Crippen LogP contribution in [0.15, 0.2) is 338 Å². The minimum Gasteiger partial charge on any atom is -0.340 e. The molecule has 4 unspecified atom stereocenters. The van der Waals surface area contributed by atoms with E-state index in [0.29, 0.717) is 30.5 Å². The van der Waals surface area contributed by atoms with Crippen molar-refractivity contribution in [3.63, 3.8) is 0 Å². The minimum absolute atomic E-state index is 0.197. The normalized spacial score (nSPS) is 15.0. The second-order valence-electron chi connectivity index (χ2n) is 36.4. The van der Waals surface area contributed by atoms with Gasteiger partial charge in [-0.05, 0) is 306 Å². The molecule has 12 aromatic rings. The number of fused-ring (bicyclic) bond motifs is 12. The predicted octanol–water partition coefficient (Wildman–Crippen LogP) is 28.1. The Labute approximate surface area is 820 Å². The molecule has 0 spiro atoms. The van der Waals surface area contributed by atoms with Crippen molar-refractivity contribution in [2.45, 2.75) is 164 Å². The van der Waals surface area contributed by atoms with Crippen molar-refractivity contribution in [2.75, 3.05) is 171 Å². The molecule has 20 heteroatoms. The molecule has 1 saturated heterocycles. The Kier molecular flexibility index (Phi) is 36.1. The summed E-state index contributed by atoms with van der Waals surface area (Å²) >= 11 is 11.1. The van der Waals surface area contributed by atoms with Crippen molar-refractivity contribution >= 4 is 145 Å². The molecule has 0 N–H and O–H groups in total. The summed E-state index contributed by atoms with van der Waals surface area (Å²) in [4.78, 5) is 56.8. The fraction of sp³-hybridized carbons (Fsp3) is 0.345. The Hall–Kier alpha value is -9.54. The third kappa shape index (κ3) is 25.4. The van der Waals surface area contributed by atoms with Crippen molar-refractivity contribution in [3.05, 3.63) is 290 Å². The van der Waals surface area contributed by atoms with Crippen molar-refractivity contribution in [2.24, 2.45) is 11.8 Å². The summed E-state index contributed by atoms with van der Waals surface area (Å²) in [5, 5.41) is 9.31. The van der Waals surface area contributed by atoms with Crippen LogP contribution in [-0.2, 0) is 0 Å². The van der Waals surface area contributed by atoms with Gasteiger partial charge in [-0.2, -0.15) is 5.26 Å². The summed E-state index contributed by atoms with van der Waals surface area (Å²) in [6.45, 7) is 32.0. The van der Waals surface area contributed by atoms with Gasteiger partial charge in [0.2, 0.25) is 0 Å². The predicted molar refractivity (Wildman–Crippen MR) is 572 cm³/mol. The number of piperidine rings is 1. The van der Waals surface area contributed by atoms with E-state index in [9.17, 15) is 10.1 Å². The van der Waals surface area contributed by atoms with Gasteiger partial charge >= 0.3 is 0 Å². The number of nitrogens with zero attached hydrogens (tertiary/aromatic N) is 13. The molecule has 12 aromatic carbocycles. The smallest absolute Gasteiger partial charge is 0.162 e. The number of carbonyl (C=O) groups excluding carboxylic acids is 1. The molecule has 0 radical (unpaired) electrons. The topological polar surface area (TPSA) is 79.7 Å². The largest absolute Gasteiger partial charge is 0.340 e. The first kappa shape index (κ1) is 99.4. The number of hydrogen-bond donors (Lipinski definition) is 0. The zero-order chi connectivity index (χ0) is 93.6. The molecule has 694 valence electrons. The second kappa shape index (κ2) is 48.3. The maximum Gasteiger partial charge on any atom is 0.162 e. The fourth-order valence-corrected chi connectivity index (χ4v) is 24.4. The Bertz CT molecular complexity index is 5690. The third-order valence-corrected chi connectivity index (χ3v) is 32.4. The Morgan fingerprint density at radius 2 is 0.647 bits per heavy atom. The lowest BCUT2D eigenvalue weighted by Crippen LogP contribution is -2.41. The highest BCUT2D eigenvalue weighted by atomic mass is 32.2. The minimum atomic E-state index is 0.197. The van der Waals surface area contributed by atoms with Crippen molar-refractivity contribution in [1.29, 1.82) is 5.26 Å². The number of benzene rings is 12. The molecule has 1 fully saturated rings. The number of Topliss-reactive ketones (excluding diaryl/α,β-unsaturated/α-hetero) is 1. The average Bonchev–Trinajstić information content (AvgIpc) is 0.753. The Morgan fingerprint density at radius 3 is 0.970 bits per heavy atom. The summed E-state index contributed by atoms with van der Waals surface area (Å²) < 4.78 is 0. The number of ketones is 1. The van der Waals surface area contributed by atoms with Crippen LogP contribution < -0.4 is 29.4 Å². The third-order valence-electron chi connectivity index (χ3n) is 25.6. The molecule has 0 aliphatic carbocycles. The van der Waals surface area contributed by atoms with Gasteiger partial charge in [-0.3, -0.25) is 9.69 Å². The van der Waals surface area contributed by atoms with Gasteiger partial charge in [-0.1, -0.05) is 233 Å². The summed E-state index contributed by atoms with van der Waals surface area (Å²) in [6, 6.07) is 103. The van der Waals surface area contributed by atoms with Crippen LogP contribution in [0.3, 0.4) is 0 Å². The SMILES string of the molecule is CC(CN(C)C)CN1c2ccccc2Sc2ccccc21.CC(CN1c2ccccc2Sc2ccccc21)N(C)C.CC1CCN(CCCN2c3ccccc3Sc3ccc(C#N)cc32)CC1.CCC(=O)c1ccc2c(c1)N(CC(C)N(C)C)c1ccccc1S2.CCN(CC)C(C)CN1c2ccccc2Sc2ccccc21.CN(C)CCCN1c2ccccc2Sc2ccccc21. The van der Waals surface area contributed by atoms with Crippen LogP contribution in [0.4, 0.5) is 68.2 Å². The van der Waals surface area contributed by atoms with Gasteiger partial charge in [0.25, 0.3) is 0 Å². The fourth-order valence-electron chi connectivity index (χ4n) is 17.9. The van der Waals surface area contributed by atoms with Gasteiger partial charge < -0.3 is 53.9 Å². The van der Waals surface area contributed by atoms with Crippen molar-refractivity contribution in [3.8, 4) is 6.07 Å². The van der Waals surface area contributed by atoms with Crippen LogP contribution in [0.25, 0.3) is 0 Å². The van der Waals surface area contributed by atoms with Gasteiger partial charge in [0, 0.05) is 135 Å². The van der Waals surface area contributed by atoms with E-state index < -0.39 is 0 Å². The summed E-state index contributed by atoms with van der Waals surface area (Å²) in [5.74, 6) is 1.69. The van der Waals surface area contributed by atoms with Crippen LogP contribution in [0.1, 0.15) is 103 Å². The molecule has 7 aliphatic rings. The molecule has 133 heavy (non-hydrogen) atoms. The first-order valence-electron chi connectivity index (χ1n) is 47.5. The van der Waals surface area contributed by atoms with Gasteiger partial charge in [0.05, 0.1) is 79.9 Å². The van der Waals surface area contributed by atoms with Gasteiger partial charge in [-0.25, -0.2) is 0 Å². The standard InChI is InChI=1S/C22H25N3S.C20H24N2OS.C19H24N2S.C18H22N2S.2C17H20N2S/c1-17-9-13-24(14-10-17)11-4-12-25-19-5-2-3-6-21(19)26-22-8-7-18(16-23)15-20(22)25;1-5-18(23)15-10-11-20-17(12-15)22(13-14(2)21(3)4)16-8-6-7-9-19(16)24-20;1-4-20(5-2)15(3)14-21-16-10-6-8-12-18(16)22-19-13-9-7-11-17(19)21;1-14(12-19(2)3)13-20-15-8-4-6-10-17(15)21-18-11-7-5-9-16(18)20;1-13(18(2)3)12-19-14-8-4-6-10-16(14)20-17-11-7-5-9-15(17)19;1-18(2)12-7-13-19-14-8-3-5-10-16(14)20-17-11-6-4-9-15(17)19/h2-3,5-8,15,17H,4,9-14H2,1H3;6-12,14H,5,13H2,1-4H3;6-13,15H,4-5,14H2,1-3H3;4-11,14H,12-13H2,1-3H3;4-11,13H,12H2,1-3H3;3-6,8-11H,7,12-13H2,1-2H3. The maximum absolute atomic E-state index is 12.1. The molecule has 0 saturated carbocycles. The maximum atomic E-state index is 12.1. The lowest BCUT2D eigenvalue weighted by molar-refractivity contribution is 0.0988. The lowest BCUT2D eigenvalue weighted by atomic mass is 9.99. The van der Waals surface area contributed by atoms with Gasteiger partial charge in [0.1, 0.15) is 0 Å². The number of para-hydroxylation sites is 10. The summed E-state index contributed by atoms with van der Waals surface area (Å²) in [5.41, 5.74) is 17.1. The highest BCUT2D eigenvalue weighted by Crippen LogP contribution is 2.55. The first-order chi connectivity index (χ1) is 64.6. The molecule has 4 atom stereocenters. The number of likely N-dealkylation sites (tertiary alicyclic amines) is 1. The quantitative estimate of drug-likeness (QED) is 0.0509. The second-order valence-corrected chi connectivity index (χ2v) is 42.9. The van der Waals surface area contributed by atoms with E-state index in [4.69, 9.17) is 0 Å². The monoisotopic (exact) mass is 1880 g/mol. The van der Waals surface area contributed by atoms with Crippen LogP contribution in [0, 0.1) is 23.2 Å². The van der Waals surface area contributed by atoms with Crippen LogP contribution in [-0.4, -0.2) is 195 Å². The number of nitriles is 1. The number of carbonyl (C=O) groups is 1. The number of rotatable bonds is 25. The van der Waals surface area contributed by atoms with Gasteiger partial charge in [-0.15, -0.1) is 0 Å². The molecular formula is C113H135N13OS6. The molecule has 0 bridgehead atoms. The van der Waals surface area contributed by atoms with Gasteiger partial charge in [0.15, 0.2) is 5.78 Å². The first-order valence-corrected chi connectivity index (χ1v) is 52.4. The molecule has 19 rings (SSSR count). The molecule has 0 aromatic heterocycles. The Morgan fingerprint density at radius 1 is 0.353 bits per heavy atom. The van der Waals surface area contributed by atoms with Crippen LogP contribution in [0.2, 0.25) is 0 Å². The van der Waals surface area contributed by atoms with E-state index in [1.807, 2.05) is 72.2 Å². The zero-order valence-electron chi connectivity index (χ0n) is 80.8. The number of hydrogen-bond acceptors (Lipinski definition) is 20. The Balaban J connectivity index is 0.000000129. The average molecular weight is 1880 g/mol. The van der Waals surface area contributed by atoms with Crippen LogP contribution >= 0.6 is 70.6 Å². The van der Waals surface area contributed by atoms with Crippen molar-refractivity contribution < 1.29 is 4.79 Å². The number of anilines is 12. The molecule has 7 aliphatic heterocycles. The van der Waals surface area contributed by atoms with E-state index in [1.165, 1.54) is 154 Å². The highest BCUT2D eigenvalue weighted by Gasteiger charge is 2.32. The molecule has 0 amide bonds. The van der Waals surface area contributed by atoms with E-state index in [0.717, 1.165) is 101 Å². The molecule has 7 heterocycles. The lowest BCUT2D eigenvalue weighted by Gasteiger charge is -2.37. The zero-order valence-corrected chi connectivity index (χ0v) is 85.7. The molecular weight excluding hydrogens is 1750 g/mol. The van der Waals surface area contributed by atoms with E-state index in [2.05, 4.69) is 431 Å². The highest BCUT2D eigenvalue weighted by molar-refractivity contribution is 8.01. The van der Waals surface area contributed by atoms with E-state index in [1.54, 1.807) is 23.5 Å². The van der Waals surface area contributed by atoms with Crippen molar-refractivity contribution in [1.82, 2.24) is 29.4 Å². The summed E-state index contributed by atoms with van der Waals surface area (Å²) in [6.07, 6.45) is 5.51.